The van der Waals surface area contributed by atoms with E-state index < -0.39 is 0 Å². The van der Waals surface area contributed by atoms with Crippen molar-refractivity contribution in [3.8, 4) is 11.5 Å². The number of hydrogen-bond acceptors (Lipinski definition) is 2. The Morgan fingerprint density at radius 1 is 1.17 bits per heavy atom. The van der Waals surface area contributed by atoms with Gasteiger partial charge in [0.15, 0.2) is 0 Å². The molecule has 94 valence electrons. The summed E-state index contributed by atoms with van der Waals surface area (Å²) in [5.74, 6) is 1.54. The molecule has 0 spiro atoms. The molecule has 0 heterocycles. The van der Waals surface area contributed by atoms with Crippen LogP contribution >= 0.6 is 27.5 Å². The molecule has 2 aromatic carbocycles. The van der Waals surface area contributed by atoms with E-state index in [0.29, 0.717) is 5.02 Å². The Morgan fingerprint density at radius 2 is 1.94 bits per heavy atom. The van der Waals surface area contributed by atoms with Crippen molar-refractivity contribution in [2.24, 2.45) is 0 Å². The first-order chi connectivity index (χ1) is 8.70. The number of halogens is 2. The van der Waals surface area contributed by atoms with E-state index in [9.17, 15) is 0 Å². The summed E-state index contributed by atoms with van der Waals surface area (Å²) in [5, 5.41) is 3.77. The van der Waals surface area contributed by atoms with E-state index in [1.807, 2.05) is 49.5 Å². The zero-order valence-corrected chi connectivity index (χ0v) is 12.3. The smallest absolute Gasteiger partial charge is 0.141 e. The lowest BCUT2D eigenvalue weighted by molar-refractivity contribution is 0.471. The molecule has 18 heavy (non-hydrogen) atoms. The maximum atomic E-state index is 6.01. The molecule has 0 unspecified atom stereocenters. The van der Waals surface area contributed by atoms with Crippen molar-refractivity contribution < 1.29 is 4.74 Å². The van der Waals surface area contributed by atoms with Gasteiger partial charge in [0.1, 0.15) is 11.5 Å². The van der Waals surface area contributed by atoms with E-state index in [-0.39, 0.29) is 0 Å². The zero-order chi connectivity index (χ0) is 13.0. The van der Waals surface area contributed by atoms with Gasteiger partial charge < -0.3 is 10.1 Å². The Bertz CT molecular complexity index is 545. The second kappa shape index (κ2) is 6.23. The van der Waals surface area contributed by atoms with Crippen molar-refractivity contribution in [2.45, 2.75) is 6.54 Å². The van der Waals surface area contributed by atoms with E-state index in [2.05, 4.69) is 21.2 Å². The van der Waals surface area contributed by atoms with Crippen molar-refractivity contribution in [2.75, 3.05) is 7.05 Å². The van der Waals surface area contributed by atoms with Crippen molar-refractivity contribution >= 4 is 27.5 Å². The highest BCUT2D eigenvalue weighted by molar-refractivity contribution is 9.10. The van der Waals surface area contributed by atoms with E-state index in [1.54, 1.807) is 0 Å². The third-order valence-corrected chi connectivity index (χ3v) is 3.34. The van der Waals surface area contributed by atoms with Crippen LogP contribution in [0.5, 0.6) is 11.5 Å². The molecule has 0 aromatic heterocycles. The summed E-state index contributed by atoms with van der Waals surface area (Å²) in [5.41, 5.74) is 1.07. The van der Waals surface area contributed by atoms with Gasteiger partial charge in [0.05, 0.1) is 4.47 Å². The quantitative estimate of drug-likeness (QED) is 0.885. The van der Waals surface area contributed by atoms with Crippen molar-refractivity contribution in [3.05, 3.63) is 57.5 Å². The normalized spacial score (nSPS) is 10.4. The first kappa shape index (κ1) is 13.4. The van der Waals surface area contributed by atoms with Crippen molar-refractivity contribution in [1.82, 2.24) is 5.32 Å². The predicted molar refractivity (Wildman–Crippen MR) is 78.4 cm³/mol. The van der Waals surface area contributed by atoms with E-state index >= 15 is 0 Å². The third-order valence-electron chi connectivity index (χ3n) is 2.45. The zero-order valence-electron chi connectivity index (χ0n) is 9.91. The molecule has 0 saturated heterocycles. The molecule has 0 aliphatic rings. The fourth-order valence-corrected chi connectivity index (χ4v) is 2.13. The van der Waals surface area contributed by atoms with Gasteiger partial charge in [-0.3, -0.25) is 0 Å². The lowest BCUT2D eigenvalue weighted by Crippen LogP contribution is -2.06. The highest BCUT2D eigenvalue weighted by Crippen LogP contribution is 2.32. The Balaban J connectivity index is 2.33. The molecule has 0 aliphatic carbocycles. The van der Waals surface area contributed by atoms with Gasteiger partial charge in [-0.25, -0.2) is 0 Å². The summed E-state index contributed by atoms with van der Waals surface area (Å²) < 4.78 is 6.82. The van der Waals surface area contributed by atoms with Crippen LogP contribution in [0.25, 0.3) is 0 Å². The number of ether oxygens (including phenoxy) is 1. The highest BCUT2D eigenvalue weighted by Gasteiger charge is 2.07. The molecule has 1 N–H and O–H groups in total. The minimum atomic E-state index is 0.664. The SMILES string of the molecule is CNCc1ccc(Cl)cc1Oc1ccccc1Br. The van der Waals surface area contributed by atoms with Gasteiger partial charge in [-0.05, 0) is 47.2 Å². The molecule has 0 fully saturated rings. The van der Waals surface area contributed by atoms with E-state index in [1.165, 1.54) is 0 Å². The monoisotopic (exact) mass is 325 g/mol. The lowest BCUT2D eigenvalue weighted by atomic mass is 10.2. The first-order valence-corrected chi connectivity index (χ1v) is 6.73. The van der Waals surface area contributed by atoms with Gasteiger partial charge in [-0.2, -0.15) is 0 Å². The Labute approximate surface area is 120 Å². The summed E-state index contributed by atoms with van der Waals surface area (Å²) in [4.78, 5) is 0. The fourth-order valence-electron chi connectivity index (χ4n) is 1.61. The van der Waals surface area contributed by atoms with Gasteiger partial charge in [0.2, 0.25) is 0 Å². The molecule has 0 saturated carbocycles. The fraction of sp³-hybridized carbons (Fsp3) is 0.143. The molecule has 2 nitrogen and oxygen atoms in total. The maximum Gasteiger partial charge on any atom is 0.141 e. The van der Waals surface area contributed by atoms with Gasteiger partial charge in [-0.1, -0.05) is 29.8 Å². The van der Waals surface area contributed by atoms with E-state index in [0.717, 1.165) is 28.1 Å². The van der Waals surface area contributed by atoms with Crippen molar-refractivity contribution in [1.29, 1.82) is 0 Å². The van der Waals surface area contributed by atoms with Crippen LogP contribution < -0.4 is 10.1 Å². The predicted octanol–water partition coefficient (Wildman–Crippen LogP) is 4.61. The number of benzene rings is 2. The van der Waals surface area contributed by atoms with Crippen LogP contribution in [-0.2, 0) is 6.54 Å². The molecule has 0 amide bonds. The summed E-state index contributed by atoms with van der Waals surface area (Å²) >= 11 is 9.47. The molecule has 0 aliphatic heterocycles. The maximum absolute atomic E-state index is 6.01. The molecule has 0 atom stereocenters. The Hall–Kier alpha value is -1.03. The van der Waals surface area contributed by atoms with Crippen LogP contribution in [-0.4, -0.2) is 7.05 Å². The van der Waals surface area contributed by atoms with Crippen LogP contribution in [0.2, 0.25) is 5.02 Å². The largest absolute Gasteiger partial charge is 0.456 e. The molecule has 4 heteroatoms. The molecule has 0 bridgehead atoms. The van der Waals surface area contributed by atoms with Gasteiger partial charge in [0, 0.05) is 17.1 Å². The minimum absolute atomic E-state index is 0.664. The highest BCUT2D eigenvalue weighted by atomic mass is 79.9. The molecular weight excluding hydrogens is 314 g/mol. The number of hydrogen-bond donors (Lipinski definition) is 1. The second-order valence-electron chi connectivity index (χ2n) is 3.81. The standard InChI is InChI=1S/C14H13BrClNO/c1-17-9-10-6-7-11(16)8-14(10)18-13-5-3-2-4-12(13)15/h2-8,17H,9H2,1H3. The number of rotatable bonds is 4. The summed E-state index contributed by atoms with van der Waals surface area (Å²) in [6.45, 7) is 0.733. The Morgan fingerprint density at radius 3 is 2.67 bits per heavy atom. The number of nitrogens with one attached hydrogen (secondary N) is 1. The second-order valence-corrected chi connectivity index (χ2v) is 5.11. The molecule has 2 aromatic rings. The minimum Gasteiger partial charge on any atom is -0.456 e. The summed E-state index contributed by atoms with van der Waals surface area (Å²) in [6, 6.07) is 13.4. The topological polar surface area (TPSA) is 21.3 Å². The Kier molecular flexibility index (Phi) is 4.64. The van der Waals surface area contributed by atoms with Crippen molar-refractivity contribution in [3.63, 3.8) is 0 Å². The number of para-hydroxylation sites is 1. The third kappa shape index (κ3) is 3.25. The van der Waals surface area contributed by atoms with Gasteiger partial charge in [-0.15, -0.1) is 0 Å². The average molecular weight is 327 g/mol. The van der Waals surface area contributed by atoms with Crippen LogP contribution in [0.15, 0.2) is 46.9 Å². The summed E-state index contributed by atoms with van der Waals surface area (Å²) in [6.07, 6.45) is 0. The van der Waals surface area contributed by atoms with Gasteiger partial charge in [0.25, 0.3) is 0 Å². The molecule has 2 rings (SSSR count). The molecule has 0 radical (unpaired) electrons. The van der Waals surface area contributed by atoms with Gasteiger partial charge >= 0.3 is 0 Å². The van der Waals surface area contributed by atoms with E-state index in [4.69, 9.17) is 16.3 Å². The van der Waals surface area contributed by atoms with Crippen LogP contribution in [0.4, 0.5) is 0 Å². The van der Waals surface area contributed by atoms with Crippen LogP contribution in [0.1, 0.15) is 5.56 Å². The first-order valence-electron chi connectivity index (χ1n) is 5.56. The molecular formula is C14H13BrClNO. The van der Waals surface area contributed by atoms with Crippen LogP contribution in [0.3, 0.4) is 0 Å². The lowest BCUT2D eigenvalue weighted by Gasteiger charge is -2.12. The van der Waals surface area contributed by atoms with Crippen LogP contribution in [0, 0.1) is 0 Å². The average Bonchev–Trinajstić information content (AvgIpc) is 2.36. The summed E-state index contributed by atoms with van der Waals surface area (Å²) in [7, 11) is 1.90.